The first-order chi connectivity index (χ1) is 14.0. The van der Waals surface area contributed by atoms with Crippen LogP contribution in [0.15, 0.2) is 48.5 Å². The third kappa shape index (κ3) is 4.19. The van der Waals surface area contributed by atoms with Crippen molar-refractivity contribution in [2.45, 2.75) is 32.6 Å². The molecule has 2 amide bonds. The Morgan fingerprint density at radius 1 is 1.14 bits per heavy atom. The van der Waals surface area contributed by atoms with E-state index in [-0.39, 0.29) is 23.5 Å². The molecule has 1 saturated heterocycles. The Kier molecular flexibility index (Phi) is 5.39. The number of nitrogens with zero attached hydrogens (tertiary/aromatic N) is 1. The van der Waals surface area contributed by atoms with Gasteiger partial charge in [0.25, 0.3) is 0 Å². The van der Waals surface area contributed by atoms with Gasteiger partial charge in [0.05, 0.1) is 5.41 Å². The van der Waals surface area contributed by atoms with Gasteiger partial charge in [-0.1, -0.05) is 36.4 Å². The van der Waals surface area contributed by atoms with Crippen molar-refractivity contribution < 1.29 is 14.0 Å². The Bertz CT molecular complexity index is 907. The first-order valence-electron chi connectivity index (χ1n) is 10.4. The van der Waals surface area contributed by atoms with E-state index in [1.807, 2.05) is 30.0 Å². The average Bonchev–Trinajstić information content (AvgIpc) is 3.49. The number of benzene rings is 2. The number of carbonyl (C=O) groups is 2. The molecule has 2 aromatic rings. The number of likely N-dealkylation sites (tertiary alicyclic amines) is 1. The summed E-state index contributed by atoms with van der Waals surface area (Å²) in [6.07, 6.45) is 3.22. The van der Waals surface area contributed by atoms with Crippen LogP contribution < -0.4 is 5.32 Å². The lowest BCUT2D eigenvalue weighted by atomic mass is 9.79. The zero-order valence-electron chi connectivity index (χ0n) is 16.8. The number of halogens is 1. The van der Waals surface area contributed by atoms with Gasteiger partial charge >= 0.3 is 0 Å². The number of nitrogens with one attached hydrogen (secondary N) is 1. The summed E-state index contributed by atoms with van der Waals surface area (Å²) in [4.78, 5) is 27.5. The van der Waals surface area contributed by atoms with Crippen LogP contribution in [0.5, 0.6) is 0 Å². The summed E-state index contributed by atoms with van der Waals surface area (Å²) in [5.41, 5.74) is 2.40. The van der Waals surface area contributed by atoms with Crippen molar-refractivity contribution in [3.05, 3.63) is 59.9 Å². The quantitative estimate of drug-likeness (QED) is 0.810. The van der Waals surface area contributed by atoms with Crippen LogP contribution in [-0.2, 0) is 16.0 Å². The molecule has 0 aromatic heterocycles. The van der Waals surface area contributed by atoms with Crippen molar-refractivity contribution in [3.63, 3.8) is 0 Å². The monoisotopic (exact) mass is 394 g/mol. The molecule has 5 heteroatoms. The molecule has 1 saturated carbocycles. The normalized spacial score (nSPS) is 21.2. The Hall–Kier alpha value is -2.69. The molecule has 4 nitrogen and oxygen atoms in total. The van der Waals surface area contributed by atoms with Crippen molar-refractivity contribution in [2.75, 3.05) is 19.6 Å². The van der Waals surface area contributed by atoms with Gasteiger partial charge in [-0.05, 0) is 61.4 Å². The second-order valence-electron chi connectivity index (χ2n) is 8.31. The summed E-state index contributed by atoms with van der Waals surface area (Å²) in [6, 6.07) is 14.5. The minimum absolute atomic E-state index is 0.0262. The molecule has 0 spiro atoms. The summed E-state index contributed by atoms with van der Waals surface area (Å²) in [5.74, 6) is 0.142. The van der Waals surface area contributed by atoms with Crippen molar-refractivity contribution in [1.29, 1.82) is 0 Å². The molecular weight excluding hydrogens is 367 g/mol. The van der Waals surface area contributed by atoms with Gasteiger partial charge in [-0.25, -0.2) is 4.39 Å². The fourth-order valence-corrected chi connectivity index (χ4v) is 4.30. The van der Waals surface area contributed by atoms with Crippen LogP contribution in [0.1, 0.15) is 31.7 Å². The summed E-state index contributed by atoms with van der Waals surface area (Å²) < 4.78 is 13.3. The highest BCUT2D eigenvalue weighted by atomic mass is 19.1. The van der Waals surface area contributed by atoms with Crippen LogP contribution in [0.25, 0.3) is 11.1 Å². The predicted octanol–water partition coefficient (Wildman–Crippen LogP) is 3.80. The molecule has 1 N–H and O–H groups in total. The molecule has 1 aliphatic heterocycles. The largest absolute Gasteiger partial charge is 0.356 e. The van der Waals surface area contributed by atoms with Gasteiger partial charge in [0.1, 0.15) is 5.82 Å². The van der Waals surface area contributed by atoms with Crippen LogP contribution in [0.2, 0.25) is 0 Å². The number of rotatable bonds is 6. The molecular formula is C24H27FN2O2. The molecule has 0 unspecified atom stereocenters. The van der Waals surface area contributed by atoms with E-state index in [2.05, 4.69) is 11.4 Å². The number of hydrogen-bond donors (Lipinski definition) is 1. The maximum Gasteiger partial charge on any atom is 0.228 e. The van der Waals surface area contributed by atoms with Gasteiger partial charge in [-0.3, -0.25) is 9.59 Å². The van der Waals surface area contributed by atoms with Crippen molar-refractivity contribution in [2.24, 2.45) is 11.3 Å². The molecule has 1 heterocycles. The molecule has 4 rings (SSSR count). The standard InChI is InChI=1S/C24H27FN2O2/c1-2-26-23(29)24(12-13-27(16-24)22(28)19-6-7-19)15-17-4-3-5-20(14-17)18-8-10-21(25)11-9-18/h3-5,8-11,14,19H,2,6-7,12-13,15-16H2,1H3,(H,26,29)/t24-/m0/s1. The fraction of sp³-hybridized carbons (Fsp3) is 0.417. The summed E-state index contributed by atoms with van der Waals surface area (Å²) in [5, 5.41) is 2.99. The van der Waals surface area contributed by atoms with Crippen LogP contribution in [0.3, 0.4) is 0 Å². The van der Waals surface area contributed by atoms with Crippen molar-refractivity contribution >= 4 is 11.8 Å². The van der Waals surface area contributed by atoms with Gasteiger partial charge in [-0.15, -0.1) is 0 Å². The molecule has 1 atom stereocenters. The minimum atomic E-state index is -0.595. The van der Waals surface area contributed by atoms with E-state index in [1.165, 1.54) is 12.1 Å². The second kappa shape index (κ2) is 7.97. The van der Waals surface area contributed by atoms with Gasteiger partial charge in [0.15, 0.2) is 0 Å². The van der Waals surface area contributed by atoms with Crippen LogP contribution >= 0.6 is 0 Å². The molecule has 29 heavy (non-hydrogen) atoms. The van der Waals surface area contributed by atoms with E-state index >= 15 is 0 Å². The van der Waals surface area contributed by atoms with Gasteiger partial charge in [0.2, 0.25) is 11.8 Å². The van der Waals surface area contributed by atoms with E-state index < -0.39 is 5.41 Å². The first-order valence-corrected chi connectivity index (χ1v) is 10.4. The zero-order chi connectivity index (χ0) is 20.4. The molecule has 2 aliphatic rings. The van der Waals surface area contributed by atoms with Crippen LogP contribution in [-0.4, -0.2) is 36.3 Å². The summed E-state index contributed by atoms with van der Waals surface area (Å²) >= 11 is 0. The summed E-state index contributed by atoms with van der Waals surface area (Å²) in [7, 11) is 0. The van der Waals surface area contributed by atoms with Gasteiger partial charge in [0, 0.05) is 25.6 Å². The van der Waals surface area contributed by atoms with Crippen LogP contribution in [0, 0.1) is 17.2 Å². The van der Waals surface area contributed by atoms with E-state index in [0.717, 1.165) is 29.5 Å². The molecule has 0 bridgehead atoms. The Balaban J connectivity index is 1.58. The lowest BCUT2D eigenvalue weighted by Crippen LogP contribution is -2.45. The molecule has 152 valence electrons. The lowest BCUT2D eigenvalue weighted by molar-refractivity contribution is -0.134. The second-order valence-corrected chi connectivity index (χ2v) is 8.31. The third-order valence-electron chi connectivity index (χ3n) is 6.06. The minimum Gasteiger partial charge on any atom is -0.356 e. The van der Waals surface area contributed by atoms with Gasteiger partial charge < -0.3 is 10.2 Å². The Morgan fingerprint density at radius 3 is 2.59 bits per heavy atom. The molecule has 2 fully saturated rings. The smallest absolute Gasteiger partial charge is 0.228 e. The molecule has 1 aliphatic carbocycles. The highest BCUT2D eigenvalue weighted by Crippen LogP contribution is 2.39. The van der Waals surface area contributed by atoms with E-state index in [9.17, 15) is 14.0 Å². The SMILES string of the molecule is CCNC(=O)[C@]1(Cc2cccc(-c3ccc(F)cc3)c2)CCN(C(=O)C2CC2)C1. The maximum absolute atomic E-state index is 13.3. The van der Waals surface area contributed by atoms with E-state index in [4.69, 9.17) is 0 Å². The summed E-state index contributed by atoms with van der Waals surface area (Å²) in [6.45, 7) is 3.62. The molecule has 0 radical (unpaired) electrons. The highest BCUT2D eigenvalue weighted by molar-refractivity contribution is 5.87. The van der Waals surface area contributed by atoms with Crippen LogP contribution in [0.4, 0.5) is 4.39 Å². The highest BCUT2D eigenvalue weighted by Gasteiger charge is 2.47. The maximum atomic E-state index is 13.3. The zero-order valence-corrected chi connectivity index (χ0v) is 16.8. The number of amides is 2. The molecule has 2 aromatic carbocycles. The van der Waals surface area contributed by atoms with E-state index in [1.54, 1.807) is 12.1 Å². The third-order valence-corrected chi connectivity index (χ3v) is 6.06. The predicted molar refractivity (Wildman–Crippen MR) is 111 cm³/mol. The number of carbonyl (C=O) groups excluding carboxylic acids is 2. The van der Waals surface area contributed by atoms with Crippen molar-refractivity contribution in [3.8, 4) is 11.1 Å². The Morgan fingerprint density at radius 2 is 1.90 bits per heavy atom. The van der Waals surface area contributed by atoms with Crippen molar-refractivity contribution in [1.82, 2.24) is 10.2 Å². The van der Waals surface area contributed by atoms with Gasteiger partial charge in [-0.2, -0.15) is 0 Å². The fourth-order valence-electron chi connectivity index (χ4n) is 4.30. The first kappa shape index (κ1) is 19.6. The number of hydrogen-bond acceptors (Lipinski definition) is 2. The lowest BCUT2D eigenvalue weighted by Gasteiger charge is -2.28. The Labute approximate surface area is 171 Å². The average molecular weight is 394 g/mol. The van der Waals surface area contributed by atoms with E-state index in [0.29, 0.717) is 32.5 Å². The topological polar surface area (TPSA) is 49.4 Å².